The van der Waals surface area contributed by atoms with E-state index < -0.39 is 6.29 Å². The number of para-hydroxylation sites is 1. The minimum atomic E-state index is -0.582. The number of rotatable bonds is 4. The zero-order chi connectivity index (χ0) is 38.6. The molecule has 0 saturated heterocycles. The van der Waals surface area contributed by atoms with Crippen LogP contribution in [0.1, 0.15) is 16.7 Å². The van der Waals surface area contributed by atoms with Gasteiger partial charge in [0, 0.05) is 42.4 Å². The van der Waals surface area contributed by atoms with Crippen LogP contribution >= 0.6 is 11.3 Å². The molecular formula is C54H33N4S-. The van der Waals surface area contributed by atoms with Gasteiger partial charge in [0.05, 0.1) is 34.1 Å². The summed E-state index contributed by atoms with van der Waals surface area (Å²) >= 11 is 1.78. The molecule has 1 aliphatic heterocycles. The lowest BCUT2D eigenvalue weighted by Gasteiger charge is -2.38. The fraction of sp³-hybridized carbons (Fsp3) is 0.0185. The Bertz CT molecular complexity index is 3700. The lowest BCUT2D eigenvalue weighted by atomic mass is 9.99. The Balaban J connectivity index is 1.19. The Kier molecular flexibility index (Phi) is 6.91. The van der Waals surface area contributed by atoms with Gasteiger partial charge in [0.25, 0.3) is 0 Å². The molecule has 4 nitrogen and oxygen atoms in total. The van der Waals surface area contributed by atoms with Gasteiger partial charge in [0.1, 0.15) is 0 Å². The van der Waals surface area contributed by atoms with Crippen LogP contribution in [-0.4, -0.2) is 14.8 Å². The molecule has 1 unspecified atom stereocenters. The molecule has 0 N–H and O–H groups in total. The van der Waals surface area contributed by atoms with Crippen molar-refractivity contribution in [2.75, 3.05) is 0 Å². The van der Waals surface area contributed by atoms with E-state index in [0.29, 0.717) is 0 Å². The lowest BCUT2D eigenvalue weighted by Crippen LogP contribution is -2.15. The van der Waals surface area contributed by atoms with Crippen LogP contribution in [0.25, 0.3) is 97.4 Å². The molecule has 0 aliphatic carbocycles. The van der Waals surface area contributed by atoms with Crippen molar-refractivity contribution in [1.29, 1.82) is 0 Å². The van der Waals surface area contributed by atoms with E-state index in [1.807, 2.05) is 0 Å². The monoisotopic (exact) mass is 769 g/mol. The molecule has 0 fully saturated rings. The maximum Gasteiger partial charge on any atom is 0.0813 e. The van der Waals surface area contributed by atoms with Gasteiger partial charge in [-0.15, -0.1) is 17.0 Å². The van der Waals surface area contributed by atoms with Gasteiger partial charge in [-0.25, -0.2) is 0 Å². The standard InChI is InChI=1S/C54H33N4S/c1-3-14-33(15-4-1)36-18-13-19-37(32-36)49-53-50(41-24-11-12-25-46(41)59-53)56-54(55-49)58-45-31-27-35-17-8-10-23-40(35)48(45)43-29-28-42-47-39-22-9-7-16-34(39)26-30-44(47)57(51(42)52(43)58)38-20-5-2-6-21-38/h1-32,54H/q-1. The van der Waals surface area contributed by atoms with Crippen LogP contribution in [0.5, 0.6) is 0 Å². The van der Waals surface area contributed by atoms with Crippen molar-refractivity contribution in [2.45, 2.75) is 6.29 Å². The van der Waals surface area contributed by atoms with Crippen LogP contribution in [0.3, 0.4) is 0 Å². The molecule has 4 heterocycles. The van der Waals surface area contributed by atoms with Crippen LogP contribution in [0.2, 0.25) is 0 Å². The van der Waals surface area contributed by atoms with Crippen molar-refractivity contribution in [2.24, 2.45) is 4.99 Å². The number of hydrogen-bond donors (Lipinski definition) is 0. The Morgan fingerprint density at radius 3 is 1.81 bits per heavy atom. The molecule has 1 aliphatic rings. The summed E-state index contributed by atoms with van der Waals surface area (Å²) in [5, 5.41) is 16.6. The third-order valence-electron chi connectivity index (χ3n) is 12.2. The fourth-order valence-electron chi connectivity index (χ4n) is 9.69. The second-order valence-electron chi connectivity index (χ2n) is 15.4. The van der Waals surface area contributed by atoms with E-state index >= 15 is 0 Å². The van der Waals surface area contributed by atoms with E-state index in [-0.39, 0.29) is 0 Å². The molecule has 13 rings (SSSR count). The van der Waals surface area contributed by atoms with Gasteiger partial charge in [0.2, 0.25) is 0 Å². The van der Waals surface area contributed by atoms with E-state index in [1.165, 1.54) is 58.9 Å². The minimum absolute atomic E-state index is 0.582. The molecular weight excluding hydrogens is 737 g/mol. The van der Waals surface area contributed by atoms with Gasteiger partial charge >= 0.3 is 0 Å². The number of nitrogens with zero attached hydrogens (tertiary/aromatic N) is 4. The number of benzene rings is 9. The highest BCUT2D eigenvalue weighted by molar-refractivity contribution is 7.22. The summed E-state index contributed by atoms with van der Waals surface area (Å²) in [6.45, 7) is 0. The molecule has 9 aromatic carbocycles. The molecule has 0 radical (unpaired) electrons. The van der Waals surface area contributed by atoms with Crippen molar-refractivity contribution in [1.82, 2.24) is 9.13 Å². The highest BCUT2D eigenvalue weighted by atomic mass is 32.1. The number of hydrogen-bond acceptors (Lipinski definition) is 2. The topological polar surface area (TPSA) is 36.3 Å². The van der Waals surface area contributed by atoms with Gasteiger partial charge in [-0.1, -0.05) is 158 Å². The smallest absolute Gasteiger partial charge is 0.0813 e. The number of fused-ring (bicyclic) bond motifs is 14. The summed E-state index contributed by atoms with van der Waals surface area (Å²) < 4.78 is 6.12. The average Bonchev–Trinajstić information content (AvgIpc) is 3.97. The molecule has 0 bridgehead atoms. The summed E-state index contributed by atoms with van der Waals surface area (Å²) in [6.07, 6.45) is -0.582. The van der Waals surface area contributed by atoms with E-state index in [4.69, 9.17) is 10.3 Å². The Morgan fingerprint density at radius 1 is 0.458 bits per heavy atom. The number of aromatic nitrogens is 2. The first-order chi connectivity index (χ1) is 29.3. The van der Waals surface area contributed by atoms with Crippen molar-refractivity contribution in [3.8, 4) is 16.8 Å². The molecule has 5 heteroatoms. The van der Waals surface area contributed by atoms with E-state index in [0.717, 1.165) is 55.0 Å². The number of aliphatic imine (C=N–C) groups is 1. The lowest BCUT2D eigenvalue weighted by molar-refractivity contribution is 0.657. The maximum absolute atomic E-state index is 5.77. The Hall–Kier alpha value is -7.47. The van der Waals surface area contributed by atoms with Crippen LogP contribution in [0, 0.1) is 0 Å². The van der Waals surface area contributed by atoms with Gasteiger partial charge in [0.15, 0.2) is 0 Å². The predicted octanol–water partition coefficient (Wildman–Crippen LogP) is 15.1. The highest BCUT2D eigenvalue weighted by Gasteiger charge is 2.27. The third-order valence-corrected chi connectivity index (χ3v) is 13.4. The molecule has 59 heavy (non-hydrogen) atoms. The summed E-state index contributed by atoms with van der Waals surface area (Å²) in [4.78, 5) is 6.88. The third kappa shape index (κ3) is 4.74. The molecule has 0 spiro atoms. The second kappa shape index (κ2) is 12.5. The van der Waals surface area contributed by atoms with Crippen molar-refractivity contribution < 1.29 is 0 Å². The summed E-state index contributed by atoms with van der Waals surface area (Å²) in [5.74, 6) is 0. The molecule has 0 saturated carbocycles. The highest BCUT2D eigenvalue weighted by Crippen LogP contribution is 2.52. The first-order valence-electron chi connectivity index (χ1n) is 20.1. The zero-order valence-corrected chi connectivity index (χ0v) is 32.6. The number of thiophene rings is 1. The van der Waals surface area contributed by atoms with Crippen LogP contribution in [0.15, 0.2) is 199 Å². The predicted molar refractivity (Wildman–Crippen MR) is 250 cm³/mol. The normalized spacial score (nSPS) is 14.2. The summed E-state index contributed by atoms with van der Waals surface area (Å²) in [7, 11) is 0. The Labute approximate surface area is 343 Å². The molecule has 0 amide bonds. The van der Waals surface area contributed by atoms with Gasteiger partial charge in [-0.2, -0.15) is 0 Å². The van der Waals surface area contributed by atoms with E-state index in [2.05, 4.69) is 203 Å². The minimum Gasteiger partial charge on any atom is -0.644 e. The van der Waals surface area contributed by atoms with Crippen molar-refractivity contribution in [3.63, 3.8) is 0 Å². The second-order valence-corrected chi connectivity index (χ2v) is 16.5. The van der Waals surface area contributed by atoms with Gasteiger partial charge in [-0.05, 0) is 74.5 Å². The zero-order valence-electron chi connectivity index (χ0n) is 31.7. The molecule has 3 aromatic heterocycles. The maximum atomic E-state index is 5.77. The van der Waals surface area contributed by atoms with Crippen LogP contribution in [0.4, 0.5) is 5.69 Å². The quantitative estimate of drug-likeness (QED) is 0.171. The first kappa shape index (κ1) is 32.6. The summed E-state index contributed by atoms with van der Waals surface area (Å²) in [6, 6.07) is 70.3. The van der Waals surface area contributed by atoms with E-state index in [9.17, 15) is 0 Å². The SMILES string of the molecule is c1ccc(-c2cccc(C3=NC(n4c5ccc6ccccc6c5c5ccc6c7c8ccccc8ccc7n(-c7ccccc7)c6c54)[N-]c4c3sc3ccccc43)c2)cc1. The largest absolute Gasteiger partial charge is 0.644 e. The summed E-state index contributed by atoms with van der Waals surface area (Å²) in [5.41, 5.74) is 11.1. The van der Waals surface area contributed by atoms with E-state index in [1.54, 1.807) is 11.3 Å². The molecule has 276 valence electrons. The molecule has 1 atom stereocenters. The van der Waals surface area contributed by atoms with Crippen molar-refractivity contribution in [3.05, 3.63) is 210 Å². The van der Waals surface area contributed by atoms with Gasteiger partial charge in [-0.3, -0.25) is 4.99 Å². The first-order valence-corrected chi connectivity index (χ1v) is 20.9. The van der Waals surface area contributed by atoms with Crippen molar-refractivity contribution >= 4 is 98.0 Å². The fourth-order valence-corrected chi connectivity index (χ4v) is 10.9. The Morgan fingerprint density at radius 2 is 1.05 bits per heavy atom. The molecule has 12 aromatic rings. The van der Waals surface area contributed by atoms with Crippen LogP contribution < -0.4 is 0 Å². The average molecular weight is 770 g/mol. The van der Waals surface area contributed by atoms with Crippen LogP contribution in [-0.2, 0) is 0 Å². The van der Waals surface area contributed by atoms with Gasteiger partial charge < -0.3 is 14.5 Å².